The lowest BCUT2D eigenvalue weighted by molar-refractivity contribution is 0.0138. The smallest absolute Gasteiger partial charge is 0.356 e. The molecule has 0 saturated heterocycles. The molecule has 1 aromatic heterocycles. The van der Waals surface area contributed by atoms with Gasteiger partial charge in [-0.1, -0.05) is 11.6 Å². The zero-order chi connectivity index (χ0) is 13.7. The lowest BCUT2D eigenvalue weighted by Crippen LogP contribution is -2.23. The second-order valence-corrected chi connectivity index (χ2v) is 4.22. The maximum absolute atomic E-state index is 10.7. The van der Waals surface area contributed by atoms with Crippen LogP contribution in [0.1, 0.15) is 28.6 Å². The monoisotopic (exact) mass is 274 g/mol. The Morgan fingerprint density at radius 1 is 1.56 bits per heavy atom. The number of aromatic nitrogens is 1. The number of aliphatic hydroxyl groups excluding tert-OH is 2. The topological polar surface area (TPSA) is 103 Å². The van der Waals surface area contributed by atoms with Gasteiger partial charge in [-0.25, -0.2) is 9.78 Å². The van der Waals surface area contributed by atoms with Crippen LogP contribution in [0.4, 0.5) is 0 Å². The molecule has 1 rings (SSSR count). The number of halogens is 1. The third-order valence-electron chi connectivity index (χ3n) is 2.46. The molecule has 0 amide bonds. The fraction of sp³-hybridized carbons (Fsp3) is 0.455. The van der Waals surface area contributed by atoms with Gasteiger partial charge >= 0.3 is 5.97 Å². The number of aromatic carboxylic acids is 1. The van der Waals surface area contributed by atoms with E-state index in [1.807, 2.05) is 0 Å². The highest BCUT2D eigenvalue weighted by Gasteiger charge is 2.20. The highest BCUT2D eigenvalue weighted by molar-refractivity contribution is 6.33. The van der Waals surface area contributed by atoms with Gasteiger partial charge < -0.3 is 20.6 Å². The molecule has 1 aromatic rings. The predicted octanol–water partition coefficient (Wildman–Crippen LogP) is 0.437. The maximum atomic E-state index is 10.7. The Morgan fingerprint density at radius 2 is 2.22 bits per heavy atom. The summed E-state index contributed by atoms with van der Waals surface area (Å²) in [5, 5.41) is 31.1. The summed E-state index contributed by atoms with van der Waals surface area (Å²) in [5.74, 6) is -1.24. The summed E-state index contributed by atoms with van der Waals surface area (Å²) in [6.45, 7) is 0.548. The van der Waals surface area contributed by atoms with Crippen LogP contribution in [0.5, 0.6) is 0 Å². The van der Waals surface area contributed by atoms with Crippen LogP contribution in [0.2, 0.25) is 5.02 Å². The number of pyridine rings is 1. The zero-order valence-corrected chi connectivity index (χ0v) is 10.6. The van der Waals surface area contributed by atoms with E-state index < -0.39 is 18.2 Å². The molecule has 0 saturated carbocycles. The second kappa shape index (κ2) is 6.65. The Hall–Kier alpha value is -1.21. The van der Waals surface area contributed by atoms with E-state index in [4.69, 9.17) is 16.7 Å². The standard InChI is InChI=1S/C11H15ClN2O4/c1-13-3-2-8(15)10(16)6-4-7(12)9(11(17)18)14-5-6/h4-5,8,10,13,15-16H,2-3H2,1H3,(H,17,18). The summed E-state index contributed by atoms with van der Waals surface area (Å²) in [6, 6.07) is 1.30. The average Bonchev–Trinajstić information content (AvgIpc) is 2.34. The molecule has 0 aliphatic rings. The van der Waals surface area contributed by atoms with Gasteiger partial charge in [0.05, 0.1) is 11.1 Å². The van der Waals surface area contributed by atoms with Crippen molar-refractivity contribution in [3.8, 4) is 0 Å². The van der Waals surface area contributed by atoms with Crippen molar-refractivity contribution in [2.45, 2.75) is 18.6 Å². The van der Waals surface area contributed by atoms with E-state index in [-0.39, 0.29) is 16.3 Å². The first-order chi connectivity index (χ1) is 8.47. The maximum Gasteiger partial charge on any atom is 0.356 e. The Kier molecular flexibility index (Phi) is 5.49. The second-order valence-electron chi connectivity index (χ2n) is 3.81. The molecule has 0 spiro atoms. The van der Waals surface area contributed by atoms with E-state index in [1.54, 1.807) is 7.05 Å². The summed E-state index contributed by atoms with van der Waals surface area (Å²) < 4.78 is 0. The molecule has 18 heavy (non-hydrogen) atoms. The Balaban J connectivity index is 2.83. The van der Waals surface area contributed by atoms with Gasteiger partial charge in [0, 0.05) is 11.8 Å². The van der Waals surface area contributed by atoms with Crippen molar-refractivity contribution < 1.29 is 20.1 Å². The summed E-state index contributed by atoms with van der Waals surface area (Å²) in [4.78, 5) is 14.4. The minimum absolute atomic E-state index is 0.0696. The molecule has 0 fully saturated rings. The first-order valence-corrected chi connectivity index (χ1v) is 5.74. The third-order valence-corrected chi connectivity index (χ3v) is 2.75. The number of nitrogens with zero attached hydrogens (tertiary/aromatic N) is 1. The van der Waals surface area contributed by atoms with Gasteiger partial charge in [0.1, 0.15) is 6.10 Å². The van der Waals surface area contributed by atoms with E-state index in [0.29, 0.717) is 13.0 Å². The Bertz CT molecular complexity index is 428. The number of nitrogens with one attached hydrogen (secondary N) is 1. The van der Waals surface area contributed by atoms with Gasteiger partial charge in [-0.3, -0.25) is 0 Å². The van der Waals surface area contributed by atoms with Crippen molar-refractivity contribution in [2.75, 3.05) is 13.6 Å². The summed E-state index contributed by atoms with van der Waals surface area (Å²) in [5.41, 5.74) is 0.00549. The van der Waals surface area contributed by atoms with E-state index >= 15 is 0 Å². The molecule has 0 aliphatic carbocycles. The van der Waals surface area contributed by atoms with Crippen LogP contribution in [0.25, 0.3) is 0 Å². The minimum Gasteiger partial charge on any atom is -0.476 e. The summed E-state index contributed by atoms with van der Waals surface area (Å²) in [7, 11) is 1.74. The van der Waals surface area contributed by atoms with Crippen LogP contribution in [0.15, 0.2) is 12.3 Å². The molecule has 2 unspecified atom stereocenters. The SMILES string of the molecule is CNCCC(O)C(O)c1cnc(C(=O)O)c(Cl)c1. The summed E-state index contributed by atoms with van der Waals surface area (Å²) in [6.07, 6.45) is -0.560. The van der Waals surface area contributed by atoms with E-state index in [1.165, 1.54) is 12.3 Å². The van der Waals surface area contributed by atoms with Crippen molar-refractivity contribution in [1.82, 2.24) is 10.3 Å². The lowest BCUT2D eigenvalue weighted by atomic mass is 10.0. The number of carboxylic acid groups (broad SMARTS) is 1. The van der Waals surface area contributed by atoms with Crippen LogP contribution in [0, 0.1) is 0 Å². The Morgan fingerprint density at radius 3 is 2.72 bits per heavy atom. The highest BCUT2D eigenvalue weighted by Crippen LogP contribution is 2.23. The van der Waals surface area contributed by atoms with E-state index in [2.05, 4.69) is 10.3 Å². The minimum atomic E-state index is -1.24. The van der Waals surface area contributed by atoms with Gasteiger partial charge in [0.15, 0.2) is 5.69 Å². The molecular weight excluding hydrogens is 260 g/mol. The number of rotatable bonds is 6. The van der Waals surface area contributed by atoms with Crippen molar-refractivity contribution in [3.05, 3.63) is 28.5 Å². The number of hydrogen-bond acceptors (Lipinski definition) is 5. The highest BCUT2D eigenvalue weighted by atomic mass is 35.5. The van der Waals surface area contributed by atoms with Crippen molar-refractivity contribution in [1.29, 1.82) is 0 Å². The van der Waals surface area contributed by atoms with Gasteiger partial charge in [0.25, 0.3) is 0 Å². The van der Waals surface area contributed by atoms with Crippen LogP contribution < -0.4 is 5.32 Å². The predicted molar refractivity (Wildman–Crippen MR) is 65.7 cm³/mol. The largest absolute Gasteiger partial charge is 0.476 e. The molecule has 2 atom stereocenters. The molecule has 6 nitrogen and oxygen atoms in total. The average molecular weight is 275 g/mol. The number of hydrogen-bond donors (Lipinski definition) is 4. The number of carbonyl (C=O) groups is 1. The van der Waals surface area contributed by atoms with Crippen molar-refractivity contribution in [3.63, 3.8) is 0 Å². The van der Waals surface area contributed by atoms with Crippen molar-refractivity contribution >= 4 is 17.6 Å². The lowest BCUT2D eigenvalue weighted by Gasteiger charge is -2.18. The molecule has 100 valence electrons. The third kappa shape index (κ3) is 3.64. The molecule has 0 aliphatic heterocycles. The van der Waals surface area contributed by atoms with Crippen LogP contribution in [-0.4, -0.2) is 46.0 Å². The first kappa shape index (κ1) is 14.8. The number of aliphatic hydroxyl groups is 2. The van der Waals surface area contributed by atoms with E-state index in [9.17, 15) is 15.0 Å². The molecular formula is C11H15ClN2O4. The fourth-order valence-electron chi connectivity index (χ4n) is 1.44. The van der Waals surface area contributed by atoms with Gasteiger partial charge in [-0.15, -0.1) is 0 Å². The molecule has 4 N–H and O–H groups in total. The zero-order valence-electron chi connectivity index (χ0n) is 9.80. The Labute approximate surface area is 109 Å². The summed E-state index contributed by atoms with van der Waals surface area (Å²) >= 11 is 5.73. The molecule has 1 heterocycles. The van der Waals surface area contributed by atoms with Gasteiger partial charge in [0.2, 0.25) is 0 Å². The quantitative estimate of drug-likeness (QED) is 0.600. The molecule has 0 aromatic carbocycles. The molecule has 0 radical (unpaired) electrons. The van der Waals surface area contributed by atoms with E-state index in [0.717, 1.165) is 0 Å². The van der Waals surface area contributed by atoms with Crippen molar-refractivity contribution in [2.24, 2.45) is 0 Å². The number of carboxylic acids is 1. The van der Waals surface area contributed by atoms with Crippen LogP contribution in [0.3, 0.4) is 0 Å². The van der Waals surface area contributed by atoms with Crippen LogP contribution in [-0.2, 0) is 0 Å². The molecule has 7 heteroatoms. The van der Waals surface area contributed by atoms with Crippen LogP contribution >= 0.6 is 11.6 Å². The normalized spacial score (nSPS) is 14.2. The molecule has 0 bridgehead atoms. The fourth-order valence-corrected chi connectivity index (χ4v) is 1.70. The van der Waals surface area contributed by atoms with Gasteiger partial charge in [-0.2, -0.15) is 0 Å². The first-order valence-electron chi connectivity index (χ1n) is 5.36. The van der Waals surface area contributed by atoms with Gasteiger partial charge in [-0.05, 0) is 26.1 Å².